The summed E-state index contributed by atoms with van der Waals surface area (Å²) in [6.07, 6.45) is 0. The predicted molar refractivity (Wildman–Crippen MR) is 105 cm³/mol. The number of carbonyl (C=O) groups excluding carboxylic acids is 2. The molecule has 0 saturated heterocycles. The van der Waals surface area contributed by atoms with Gasteiger partial charge in [0.15, 0.2) is 23.9 Å². The van der Waals surface area contributed by atoms with Crippen molar-refractivity contribution in [2.24, 2.45) is 0 Å². The number of ether oxygens (including phenoxy) is 2. The smallest absolute Gasteiger partial charge is 0.263 e. The summed E-state index contributed by atoms with van der Waals surface area (Å²) < 4.78 is 25.4. The van der Waals surface area contributed by atoms with Crippen LogP contribution in [0.1, 0.15) is 23.0 Å². The lowest BCUT2D eigenvalue weighted by Gasteiger charge is -2.12. The third-order valence-corrected chi connectivity index (χ3v) is 4.10. The molecule has 3 rings (SSSR count). The van der Waals surface area contributed by atoms with Crippen molar-refractivity contribution >= 4 is 17.5 Å². The summed E-state index contributed by atoms with van der Waals surface area (Å²) in [6, 6.07) is 12.2. The molecule has 1 heterocycles. The second-order valence-electron chi connectivity index (χ2n) is 6.32. The number of aryl methyl sites for hydroxylation is 1. The molecule has 3 aromatic rings. The first kappa shape index (κ1) is 20.1. The Morgan fingerprint density at radius 1 is 1.10 bits per heavy atom. The highest BCUT2D eigenvalue weighted by atomic mass is 19.1. The summed E-state index contributed by atoms with van der Waals surface area (Å²) in [5.41, 5.74) is 1.78. The molecular formula is C21H20FN3O4. The Bertz CT molecular complexity index is 1040. The first-order valence-corrected chi connectivity index (χ1v) is 8.81. The largest absolute Gasteiger partial charge is 0.493 e. The lowest BCUT2D eigenvalue weighted by Crippen LogP contribution is -2.22. The van der Waals surface area contributed by atoms with Crippen LogP contribution in [0.25, 0.3) is 5.69 Å². The van der Waals surface area contributed by atoms with E-state index >= 15 is 0 Å². The topological polar surface area (TPSA) is 82.4 Å². The van der Waals surface area contributed by atoms with Crippen LogP contribution in [0.5, 0.6) is 11.5 Å². The van der Waals surface area contributed by atoms with Crippen molar-refractivity contribution in [1.29, 1.82) is 0 Å². The van der Waals surface area contributed by atoms with Crippen molar-refractivity contribution in [3.05, 3.63) is 65.6 Å². The van der Waals surface area contributed by atoms with Gasteiger partial charge in [-0.2, -0.15) is 5.10 Å². The van der Waals surface area contributed by atoms with E-state index in [1.807, 2.05) is 0 Å². The van der Waals surface area contributed by atoms with Gasteiger partial charge in [-0.15, -0.1) is 0 Å². The van der Waals surface area contributed by atoms with E-state index in [4.69, 9.17) is 9.47 Å². The number of benzene rings is 2. The quantitative estimate of drug-likeness (QED) is 0.617. The van der Waals surface area contributed by atoms with E-state index in [2.05, 4.69) is 10.4 Å². The number of carbonyl (C=O) groups is 2. The molecule has 0 saturated carbocycles. The molecule has 0 bridgehead atoms. The number of hydrogen-bond donors (Lipinski definition) is 1. The zero-order valence-corrected chi connectivity index (χ0v) is 16.2. The zero-order chi connectivity index (χ0) is 21.0. The van der Waals surface area contributed by atoms with Crippen LogP contribution >= 0.6 is 0 Å². The monoisotopic (exact) mass is 397 g/mol. The Kier molecular flexibility index (Phi) is 5.92. The fraction of sp³-hybridized carbons (Fsp3) is 0.190. The lowest BCUT2D eigenvalue weighted by molar-refractivity contribution is -0.118. The molecule has 0 aliphatic heterocycles. The maximum atomic E-state index is 13.2. The molecular weight excluding hydrogens is 377 g/mol. The minimum Gasteiger partial charge on any atom is -0.493 e. The third-order valence-electron chi connectivity index (χ3n) is 4.10. The van der Waals surface area contributed by atoms with Gasteiger partial charge in [0.05, 0.1) is 18.5 Å². The van der Waals surface area contributed by atoms with Gasteiger partial charge in [-0.1, -0.05) is 0 Å². The summed E-state index contributed by atoms with van der Waals surface area (Å²) in [4.78, 5) is 23.8. The molecule has 7 nitrogen and oxygen atoms in total. The molecule has 0 atom stereocenters. The van der Waals surface area contributed by atoms with E-state index in [9.17, 15) is 14.0 Å². The average Bonchev–Trinajstić information content (AvgIpc) is 3.06. The van der Waals surface area contributed by atoms with Gasteiger partial charge in [-0.3, -0.25) is 9.59 Å². The van der Waals surface area contributed by atoms with Gasteiger partial charge < -0.3 is 14.8 Å². The summed E-state index contributed by atoms with van der Waals surface area (Å²) in [5, 5.41) is 7.05. The van der Waals surface area contributed by atoms with Gasteiger partial charge in [0.2, 0.25) is 0 Å². The molecule has 8 heteroatoms. The maximum Gasteiger partial charge on any atom is 0.263 e. The molecule has 1 aromatic heterocycles. The lowest BCUT2D eigenvalue weighted by atomic mass is 10.1. The molecule has 1 N–H and O–H groups in total. The van der Waals surface area contributed by atoms with Crippen molar-refractivity contribution in [1.82, 2.24) is 9.78 Å². The first-order chi connectivity index (χ1) is 13.9. The summed E-state index contributed by atoms with van der Waals surface area (Å²) in [7, 11) is 1.45. The maximum absolute atomic E-state index is 13.2. The molecule has 0 unspecified atom stereocenters. The van der Waals surface area contributed by atoms with Gasteiger partial charge in [-0.05, 0) is 56.3 Å². The molecule has 150 valence electrons. The molecule has 0 spiro atoms. The molecule has 0 fully saturated rings. The van der Waals surface area contributed by atoms with Gasteiger partial charge in [0.25, 0.3) is 5.91 Å². The van der Waals surface area contributed by atoms with Crippen LogP contribution in [0.2, 0.25) is 0 Å². The number of rotatable bonds is 7. The van der Waals surface area contributed by atoms with Gasteiger partial charge in [0, 0.05) is 11.6 Å². The highest BCUT2D eigenvalue weighted by molar-refractivity contribution is 5.95. The third kappa shape index (κ3) is 4.78. The predicted octanol–water partition coefficient (Wildman–Crippen LogP) is 3.55. The number of aromatic nitrogens is 2. The van der Waals surface area contributed by atoms with E-state index in [-0.39, 0.29) is 18.2 Å². The van der Waals surface area contributed by atoms with Crippen molar-refractivity contribution < 1.29 is 23.5 Å². The summed E-state index contributed by atoms with van der Waals surface area (Å²) in [5.74, 6) is 0.263. The van der Waals surface area contributed by atoms with Crippen molar-refractivity contribution in [2.75, 3.05) is 19.0 Å². The summed E-state index contributed by atoms with van der Waals surface area (Å²) in [6.45, 7) is 2.96. The fourth-order valence-electron chi connectivity index (χ4n) is 2.70. The van der Waals surface area contributed by atoms with Gasteiger partial charge >= 0.3 is 0 Å². The van der Waals surface area contributed by atoms with Crippen LogP contribution in [0.4, 0.5) is 10.2 Å². The van der Waals surface area contributed by atoms with E-state index < -0.39 is 5.91 Å². The van der Waals surface area contributed by atoms with Crippen molar-refractivity contribution in [3.63, 3.8) is 0 Å². The minimum absolute atomic E-state index is 0.1000. The fourth-order valence-corrected chi connectivity index (χ4v) is 2.70. The molecule has 0 aliphatic rings. The van der Waals surface area contributed by atoms with Crippen LogP contribution in [-0.2, 0) is 4.79 Å². The number of hydrogen-bond acceptors (Lipinski definition) is 5. The number of halogens is 1. The molecule has 29 heavy (non-hydrogen) atoms. The Morgan fingerprint density at radius 3 is 2.48 bits per heavy atom. The van der Waals surface area contributed by atoms with Gasteiger partial charge in [0.1, 0.15) is 11.6 Å². The Morgan fingerprint density at radius 2 is 1.83 bits per heavy atom. The highest BCUT2D eigenvalue weighted by Gasteiger charge is 2.14. The van der Waals surface area contributed by atoms with Gasteiger partial charge in [-0.25, -0.2) is 9.07 Å². The van der Waals surface area contributed by atoms with Crippen molar-refractivity contribution in [3.8, 4) is 17.2 Å². The van der Waals surface area contributed by atoms with E-state index in [1.165, 1.54) is 30.8 Å². The SMILES string of the molecule is COc1cc(C(C)=O)ccc1OCC(=O)Nc1cc(C)nn1-c1ccc(F)cc1. The normalized spacial score (nSPS) is 10.5. The number of nitrogens with zero attached hydrogens (tertiary/aromatic N) is 2. The second kappa shape index (κ2) is 8.55. The number of Topliss-reactive ketones (excluding diaryl/α,β-unsaturated/α-hetero) is 1. The number of ketones is 1. The first-order valence-electron chi connectivity index (χ1n) is 8.81. The van der Waals surface area contributed by atoms with Crippen LogP contribution in [0.3, 0.4) is 0 Å². The minimum atomic E-state index is -0.411. The Balaban J connectivity index is 1.71. The molecule has 0 radical (unpaired) electrons. The number of nitrogens with one attached hydrogen (secondary N) is 1. The Hall–Kier alpha value is -3.68. The van der Waals surface area contributed by atoms with Crippen molar-refractivity contribution in [2.45, 2.75) is 13.8 Å². The molecule has 2 aromatic carbocycles. The van der Waals surface area contributed by atoms with E-state index in [1.54, 1.807) is 43.3 Å². The van der Waals surface area contributed by atoms with E-state index in [0.717, 1.165) is 0 Å². The standard InChI is InChI=1S/C21H20FN3O4/c1-13-10-20(25(24-13)17-7-5-16(22)6-8-17)23-21(27)12-29-18-9-4-15(14(2)26)11-19(18)28-3/h4-11H,12H2,1-3H3,(H,23,27). The van der Waals surface area contributed by atoms with E-state index in [0.29, 0.717) is 34.3 Å². The number of methoxy groups -OCH3 is 1. The Labute approximate surface area is 167 Å². The van der Waals surface area contributed by atoms with Crippen LogP contribution in [0, 0.1) is 12.7 Å². The van der Waals surface area contributed by atoms with Crippen LogP contribution in [-0.4, -0.2) is 35.2 Å². The number of anilines is 1. The van der Waals surface area contributed by atoms with Crippen LogP contribution in [0.15, 0.2) is 48.5 Å². The number of amides is 1. The second-order valence-corrected chi connectivity index (χ2v) is 6.32. The highest BCUT2D eigenvalue weighted by Crippen LogP contribution is 2.28. The summed E-state index contributed by atoms with van der Waals surface area (Å²) >= 11 is 0. The average molecular weight is 397 g/mol. The molecule has 0 aliphatic carbocycles. The van der Waals surface area contributed by atoms with Crippen LogP contribution < -0.4 is 14.8 Å². The molecule has 1 amide bonds. The zero-order valence-electron chi connectivity index (χ0n) is 16.2.